The zero-order chi connectivity index (χ0) is 15.0. The molecule has 1 aromatic rings. The van der Waals surface area contributed by atoms with Crippen LogP contribution in [0.15, 0.2) is 23.4 Å². The molecular weight excluding hydrogens is 265 g/mol. The molecule has 0 aliphatic carbocycles. The lowest BCUT2D eigenvalue weighted by molar-refractivity contribution is 0.148. The molecule has 112 valence electrons. The summed E-state index contributed by atoms with van der Waals surface area (Å²) in [5.41, 5.74) is 6.42. The minimum atomic E-state index is -0.462. The van der Waals surface area contributed by atoms with Gasteiger partial charge in [0.05, 0.1) is 6.61 Å². The fraction of sp³-hybridized carbons (Fsp3) is 0.462. The number of amidine groups is 1. The molecule has 0 aromatic heterocycles. The predicted molar refractivity (Wildman–Crippen MR) is 73.1 cm³/mol. The van der Waals surface area contributed by atoms with Crippen molar-refractivity contribution in [2.24, 2.45) is 10.9 Å². The topological polar surface area (TPSA) is 100 Å². The van der Waals surface area contributed by atoms with Crippen LogP contribution in [-0.2, 0) is 11.3 Å². The van der Waals surface area contributed by atoms with E-state index in [1.807, 2.05) is 0 Å². The van der Waals surface area contributed by atoms with Gasteiger partial charge in [-0.15, -0.1) is 0 Å². The Kier molecular flexibility index (Phi) is 6.92. The molecular formula is C13H20FN3O3. The zero-order valence-electron chi connectivity index (χ0n) is 11.3. The van der Waals surface area contributed by atoms with E-state index in [9.17, 15) is 4.39 Å². The van der Waals surface area contributed by atoms with Crippen molar-refractivity contribution in [2.45, 2.75) is 19.0 Å². The Bertz CT molecular complexity index is 448. The lowest BCUT2D eigenvalue weighted by Crippen LogP contribution is -2.33. The van der Waals surface area contributed by atoms with Gasteiger partial charge in [0.25, 0.3) is 0 Å². The van der Waals surface area contributed by atoms with Crippen LogP contribution in [0.1, 0.15) is 17.5 Å². The quantitative estimate of drug-likeness (QED) is 0.240. The highest BCUT2D eigenvalue weighted by Crippen LogP contribution is 2.10. The number of ether oxygens (including phenoxy) is 1. The summed E-state index contributed by atoms with van der Waals surface area (Å²) >= 11 is 0. The normalized spacial score (nSPS) is 13.4. The summed E-state index contributed by atoms with van der Waals surface area (Å²) in [4.78, 5) is 0. The Morgan fingerprint density at radius 1 is 1.50 bits per heavy atom. The molecule has 0 amide bonds. The molecule has 0 radical (unpaired) electrons. The van der Waals surface area contributed by atoms with E-state index in [1.165, 1.54) is 12.1 Å². The Balaban J connectivity index is 2.74. The van der Waals surface area contributed by atoms with Crippen LogP contribution in [0.5, 0.6) is 0 Å². The molecule has 0 fully saturated rings. The van der Waals surface area contributed by atoms with Gasteiger partial charge in [-0.05, 0) is 30.2 Å². The number of aliphatic hydroxyl groups excluding tert-OH is 1. The molecule has 20 heavy (non-hydrogen) atoms. The minimum absolute atomic E-state index is 0.0272. The maximum Gasteiger partial charge on any atom is 0.170 e. The van der Waals surface area contributed by atoms with Gasteiger partial charge in [0.15, 0.2) is 5.84 Å². The highest BCUT2D eigenvalue weighted by atomic mass is 19.1. The lowest BCUT2D eigenvalue weighted by atomic mass is 10.1. The van der Waals surface area contributed by atoms with Gasteiger partial charge in [-0.1, -0.05) is 5.16 Å². The van der Waals surface area contributed by atoms with Gasteiger partial charge in [-0.2, -0.15) is 0 Å². The van der Waals surface area contributed by atoms with Gasteiger partial charge >= 0.3 is 0 Å². The number of nitrogens with one attached hydrogen (secondary N) is 1. The maximum absolute atomic E-state index is 13.5. The first-order chi connectivity index (χ1) is 9.60. The van der Waals surface area contributed by atoms with Gasteiger partial charge in [0.1, 0.15) is 5.82 Å². The molecule has 5 N–H and O–H groups in total. The van der Waals surface area contributed by atoms with Crippen molar-refractivity contribution >= 4 is 5.84 Å². The van der Waals surface area contributed by atoms with E-state index in [0.717, 1.165) is 0 Å². The lowest BCUT2D eigenvalue weighted by Gasteiger charge is -2.17. The average molecular weight is 285 g/mol. The first kappa shape index (κ1) is 16.4. The molecule has 1 atom stereocenters. The zero-order valence-corrected chi connectivity index (χ0v) is 11.3. The highest BCUT2D eigenvalue weighted by Gasteiger charge is 2.09. The number of oxime groups is 1. The standard InChI is InChI=1S/C13H20FN3O3/c1-20-8-12(2-3-18)16-7-9-4-10(13(15)17-19)6-11(14)5-9/h4-6,12,16,18-19H,2-3,7-8H2,1H3,(H2,15,17). The van der Waals surface area contributed by atoms with Crippen molar-refractivity contribution in [1.82, 2.24) is 5.32 Å². The molecule has 0 spiro atoms. The number of methoxy groups -OCH3 is 1. The molecule has 0 aliphatic rings. The minimum Gasteiger partial charge on any atom is -0.409 e. The van der Waals surface area contributed by atoms with Crippen molar-refractivity contribution in [3.8, 4) is 0 Å². The maximum atomic E-state index is 13.5. The van der Waals surface area contributed by atoms with Gasteiger partial charge in [0, 0.05) is 31.9 Å². The number of aliphatic hydroxyl groups is 1. The number of hydrogen-bond acceptors (Lipinski definition) is 5. The summed E-state index contributed by atoms with van der Waals surface area (Å²) in [7, 11) is 1.57. The van der Waals surface area contributed by atoms with Crippen LogP contribution in [0.2, 0.25) is 0 Å². The molecule has 6 nitrogen and oxygen atoms in total. The smallest absolute Gasteiger partial charge is 0.170 e. The van der Waals surface area contributed by atoms with E-state index in [4.69, 9.17) is 20.8 Å². The molecule has 1 aromatic carbocycles. The Morgan fingerprint density at radius 2 is 2.25 bits per heavy atom. The van der Waals surface area contributed by atoms with E-state index in [2.05, 4.69) is 10.5 Å². The number of nitrogens with two attached hydrogens (primary N) is 1. The number of rotatable bonds is 8. The SMILES string of the molecule is COCC(CCO)NCc1cc(F)cc(/C(N)=N/O)c1. The summed E-state index contributed by atoms with van der Waals surface area (Å²) in [6, 6.07) is 4.16. The predicted octanol–water partition coefficient (Wildman–Crippen LogP) is 0.407. The Morgan fingerprint density at radius 3 is 2.85 bits per heavy atom. The number of hydrogen-bond donors (Lipinski definition) is 4. The Hall–Kier alpha value is -1.70. The van der Waals surface area contributed by atoms with Gasteiger partial charge < -0.3 is 26.1 Å². The van der Waals surface area contributed by atoms with E-state index >= 15 is 0 Å². The third kappa shape index (κ3) is 5.12. The van der Waals surface area contributed by atoms with E-state index < -0.39 is 5.82 Å². The van der Waals surface area contributed by atoms with Crippen LogP contribution in [0, 0.1) is 5.82 Å². The second-order valence-corrected chi connectivity index (χ2v) is 4.38. The molecule has 0 bridgehead atoms. The second-order valence-electron chi connectivity index (χ2n) is 4.38. The van der Waals surface area contributed by atoms with Crippen LogP contribution in [-0.4, -0.2) is 42.5 Å². The van der Waals surface area contributed by atoms with Crippen molar-refractivity contribution in [3.63, 3.8) is 0 Å². The second kappa shape index (κ2) is 8.47. The van der Waals surface area contributed by atoms with Crippen molar-refractivity contribution in [3.05, 3.63) is 35.1 Å². The molecule has 0 aliphatic heterocycles. The van der Waals surface area contributed by atoms with Crippen LogP contribution in [0.3, 0.4) is 0 Å². The number of nitrogens with zero attached hydrogens (tertiary/aromatic N) is 1. The highest BCUT2D eigenvalue weighted by molar-refractivity contribution is 5.97. The van der Waals surface area contributed by atoms with E-state index in [1.54, 1.807) is 13.2 Å². The molecule has 0 saturated carbocycles. The fourth-order valence-corrected chi connectivity index (χ4v) is 1.82. The number of halogens is 1. The Labute approximate surface area is 117 Å². The summed E-state index contributed by atoms with van der Waals surface area (Å²) in [6.07, 6.45) is 0.538. The molecule has 1 unspecified atom stereocenters. The summed E-state index contributed by atoms with van der Waals surface area (Å²) in [5, 5.41) is 23.6. The van der Waals surface area contributed by atoms with Gasteiger partial charge in [-0.3, -0.25) is 0 Å². The monoisotopic (exact) mass is 285 g/mol. The summed E-state index contributed by atoms with van der Waals surface area (Å²) in [5.74, 6) is -0.606. The first-order valence-electron chi connectivity index (χ1n) is 6.21. The third-order valence-corrected chi connectivity index (χ3v) is 2.80. The molecule has 0 saturated heterocycles. The van der Waals surface area contributed by atoms with Crippen molar-refractivity contribution < 1.29 is 19.4 Å². The largest absolute Gasteiger partial charge is 0.409 e. The van der Waals surface area contributed by atoms with E-state index in [-0.39, 0.29) is 18.5 Å². The van der Waals surface area contributed by atoms with Crippen LogP contribution in [0.4, 0.5) is 4.39 Å². The van der Waals surface area contributed by atoms with Gasteiger partial charge in [0.2, 0.25) is 0 Å². The summed E-state index contributed by atoms with van der Waals surface area (Å²) < 4.78 is 18.5. The molecule has 7 heteroatoms. The molecule has 1 rings (SSSR count). The van der Waals surface area contributed by atoms with Crippen molar-refractivity contribution in [1.29, 1.82) is 0 Å². The fourth-order valence-electron chi connectivity index (χ4n) is 1.82. The van der Waals surface area contributed by atoms with Gasteiger partial charge in [-0.25, -0.2) is 4.39 Å². The van der Waals surface area contributed by atoms with Crippen molar-refractivity contribution in [2.75, 3.05) is 20.3 Å². The average Bonchev–Trinajstić information content (AvgIpc) is 2.44. The first-order valence-corrected chi connectivity index (χ1v) is 6.21. The third-order valence-electron chi connectivity index (χ3n) is 2.80. The molecule has 0 heterocycles. The summed E-state index contributed by atoms with van der Waals surface area (Å²) in [6.45, 7) is 0.875. The van der Waals surface area contributed by atoms with Crippen LogP contribution < -0.4 is 11.1 Å². The van der Waals surface area contributed by atoms with E-state index in [0.29, 0.717) is 30.7 Å². The van der Waals surface area contributed by atoms with Crippen LogP contribution in [0.25, 0.3) is 0 Å². The van der Waals surface area contributed by atoms with Crippen LogP contribution >= 0.6 is 0 Å². The number of benzene rings is 1.